The van der Waals surface area contributed by atoms with Gasteiger partial charge in [-0.3, -0.25) is 0 Å². The van der Waals surface area contributed by atoms with Crippen molar-refractivity contribution in [2.24, 2.45) is 0 Å². The fourth-order valence-corrected chi connectivity index (χ4v) is 5.06. The van der Waals surface area contributed by atoms with Gasteiger partial charge < -0.3 is 4.57 Å². The number of nitrogens with zero attached hydrogens (tertiary/aromatic N) is 5. The van der Waals surface area contributed by atoms with Crippen LogP contribution in [0.15, 0.2) is 4.60 Å². The third-order valence-electron chi connectivity index (χ3n) is 3.48. The summed E-state index contributed by atoms with van der Waals surface area (Å²) in [6.45, 7) is 4.69. The van der Waals surface area contributed by atoms with Crippen LogP contribution in [0.25, 0.3) is 10.8 Å². The molecule has 0 radical (unpaired) electrons. The molecule has 0 spiro atoms. The van der Waals surface area contributed by atoms with E-state index in [0.717, 1.165) is 16.5 Å². The van der Waals surface area contributed by atoms with E-state index >= 15 is 0 Å². The largest absolute Gasteiger partial charge is 0.322 e. The second kappa shape index (κ2) is 5.11. The second-order valence-electron chi connectivity index (χ2n) is 4.96. The number of imidazole rings is 1. The first kappa shape index (κ1) is 15.1. The van der Waals surface area contributed by atoms with Crippen molar-refractivity contribution in [3.63, 3.8) is 0 Å². The molecule has 114 valence electrons. The number of halogens is 1. The molecule has 3 rings (SSSR count). The molecule has 2 aromatic heterocycles. The number of aromatic nitrogens is 4. The SMILES string of the molecule is Cc1nsc(-c2nc(Br)c3n2CCN(S(C)(=O)=O)[C@@H]3C)n1. The lowest BCUT2D eigenvalue weighted by Gasteiger charge is -2.33. The predicted octanol–water partition coefficient (Wildman–Crippen LogP) is 1.81. The Bertz CT molecular complexity index is 798. The van der Waals surface area contributed by atoms with Gasteiger partial charge in [-0.1, -0.05) is 0 Å². The van der Waals surface area contributed by atoms with E-state index in [4.69, 9.17) is 0 Å². The summed E-state index contributed by atoms with van der Waals surface area (Å²) in [7, 11) is -3.24. The minimum atomic E-state index is -3.24. The van der Waals surface area contributed by atoms with Gasteiger partial charge in [0.2, 0.25) is 10.0 Å². The molecule has 0 N–H and O–H groups in total. The van der Waals surface area contributed by atoms with Crippen LogP contribution >= 0.6 is 27.5 Å². The molecular weight excluding hydrogens is 378 g/mol. The summed E-state index contributed by atoms with van der Waals surface area (Å²) in [5.74, 6) is 1.45. The van der Waals surface area contributed by atoms with Crippen LogP contribution in [-0.2, 0) is 16.6 Å². The topological polar surface area (TPSA) is 81.0 Å². The quantitative estimate of drug-likeness (QED) is 0.779. The highest BCUT2D eigenvalue weighted by Crippen LogP contribution is 2.36. The van der Waals surface area contributed by atoms with E-state index in [2.05, 4.69) is 30.3 Å². The van der Waals surface area contributed by atoms with Gasteiger partial charge >= 0.3 is 0 Å². The fourth-order valence-electron chi connectivity index (χ4n) is 2.59. The van der Waals surface area contributed by atoms with E-state index in [0.29, 0.717) is 23.5 Å². The van der Waals surface area contributed by atoms with Crippen molar-refractivity contribution in [1.29, 1.82) is 0 Å². The third-order valence-corrected chi connectivity index (χ3v) is 6.22. The van der Waals surface area contributed by atoms with Gasteiger partial charge in [0.1, 0.15) is 10.4 Å². The summed E-state index contributed by atoms with van der Waals surface area (Å²) in [6.07, 6.45) is 1.23. The predicted molar refractivity (Wildman–Crippen MR) is 83.5 cm³/mol. The molecule has 2 aromatic rings. The van der Waals surface area contributed by atoms with Crippen molar-refractivity contribution in [2.45, 2.75) is 26.4 Å². The van der Waals surface area contributed by atoms with E-state index in [1.807, 2.05) is 18.4 Å². The van der Waals surface area contributed by atoms with Crippen molar-refractivity contribution >= 4 is 37.5 Å². The van der Waals surface area contributed by atoms with Gasteiger partial charge in [0.25, 0.3) is 0 Å². The third kappa shape index (κ3) is 2.54. The van der Waals surface area contributed by atoms with Crippen molar-refractivity contribution in [3.05, 3.63) is 16.1 Å². The number of sulfonamides is 1. The highest BCUT2D eigenvalue weighted by Gasteiger charge is 2.34. The molecule has 0 aromatic carbocycles. The molecular formula is C11H14BrN5O2S2. The molecule has 0 amide bonds. The molecule has 0 aliphatic carbocycles. The molecule has 1 atom stereocenters. The van der Waals surface area contributed by atoms with E-state index in [1.54, 1.807) is 0 Å². The maximum absolute atomic E-state index is 11.9. The zero-order valence-corrected chi connectivity index (χ0v) is 15.0. The van der Waals surface area contributed by atoms with Gasteiger partial charge in [0, 0.05) is 13.1 Å². The Morgan fingerprint density at radius 1 is 1.33 bits per heavy atom. The van der Waals surface area contributed by atoms with Crippen molar-refractivity contribution < 1.29 is 8.42 Å². The van der Waals surface area contributed by atoms with Gasteiger partial charge in [0.05, 0.1) is 18.0 Å². The van der Waals surface area contributed by atoms with Crippen LogP contribution < -0.4 is 0 Å². The molecule has 10 heteroatoms. The zero-order chi connectivity index (χ0) is 15.4. The number of hydrogen-bond acceptors (Lipinski definition) is 6. The van der Waals surface area contributed by atoms with Crippen molar-refractivity contribution in [2.75, 3.05) is 12.8 Å². The molecule has 0 bridgehead atoms. The Morgan fingerprint density at radius 3 is 2.62 bits per heavy atom. The van der Waals surface area contributed by atoms with E-state index in [1.165, 1.54) is 22.1 Å². The maximum Gasteiger partial charge on any atom is 0.211 e. The van der Waals surface area contributed by atoms with Gasteiger partial charge in [-0.2, -0.15) is 8.68 Å². The molecule has 0 saturated heterocycles. The van der Waals surface area contributed by atoms with Crippen LogP contribution in [0.3, 0.4) is 0 Å². The van der Waals surface area contributed by atoms with Crippen LogP contribution in [0.4, 0.5) is 0 Å². The lowest BCUT2D eigenvalue weighted by Crippen LogP contribution is -2.40. The highest BCUT2D eigenvalue weighted by atomic mass is 79.9. The molecule has 0 saturated carbocycles. The maximum atomic E-state index is 11.9. The fraction of sp³-hybridized carbons (Fsp3) is 0.545. The Labute approximate surface area is 135 Å². The first-order valence-electron chi connectivity index (χ1n) is 6.32. The first-order valence-corrected chi connectivity index (χ1v) is 9.74. The number of rotatable bonds is 2. The van der Waals surface area contributed by atoms with Gasteiger partial charge in [0.15, 0.2) is 10.8 Å². The summed E-state index contributed by atoms with van der Waals surface area (Å²) in [4.78, 5) is 8.88. The molecule has 7 nitrogen and oxygen atoms in total. The minimum absolute atomic E-state index is 0.265. The monoisotopic (exact) mass is 391 g/mol. The van der Waals surface area contributed by atoms with Crippen LogP contribution in [0.1, 0.15) is 24.5 Å². The Balaban J connectivity index is 2.11. The van der Waals surface area contributed by atoms with E-state index < -0.39 is 10.0 Å². The lowest BCUT2D eigenvalue weighted by atomic mass is 10.2. The highest BCUT2D eigenvalue weighted by molar-refractivity contribution is 9.10. The number of aryl methyl sites for hydroxylation is 1. The van der Waals surface area contributed by atoms with Crippen molar-refractivity contribution in [3.8, 4) is 10.8 Å². The summed E-state index contributed by atoms with van der Waals surface area (Å²) in [5, 5.41) is 0.749. The van der Waals surface area contributed by atoms with E-state index in [-0.39, 0.29) is 6.04 Å². The van der Waals surface area contributed by atoms with Crippen LogP contribution in [-0.4, -0.2) is 44.4 Å². The van der Waals surface area contributed by atoms with Crippen LogP contribution in [0.5, 0.6) is 0 Å². The Hall–Kier alpha value is -0.840. The Kier molecular flexibility index (Phi) is 3.67. The minimum Gasteiger partial charge on any atom is -0.322 e. The Morgan fingerprint density at radius 2 is 2.05 bits per heavy atom. The number of hydrogen-bond donors (Lipinski definition) is 0. The van der Waals surface area contributed by atoms with Crippen LogP contribution in [0.2, 0.25) is 0 Å². The second-order valence-corrected chi connectivity index (χ2v) is 8.40. The standard InChI is InChI=1S/C11H14BrN5O2S2/c1-6-8-9(12)14-10(11-13-7(2)15-20-11)16(8)4-5-17(6)21(3,18)19/h6H,4-5H2,1-3H3/t6-/m1/s1. The first-order chi connectivity index (χ1) is 9.79. The molecule has 1 aliphatic rings. The summed E-state index contributed by atoms with van der Waals surface area (Å²) < 4.78 is 32.1. The van der Waals surface area contributed by atoms with E-state index in [9.17, 15) is 8.42 Å². The number of fused-ring (bicyclic) bond motifs is 1. The normalized spacial score (nSPS) is 19.7. The average Bonchev–Trinajstić information content (AvgIpc) is 2.93. The zero-order valence-electron chi connectivity index (χ0n) is 11.7. The van der Waals surface area contributed by atoms with Gasteiger partial charge in [-0.25, -0.2) is 18.4 Å². The van der Waals surface area contributed by atoms with Crippen LogP contribution in [0, 0.1) is 6.92 Å². The van der Waals surface area contributed by atoms with Gasteiger partial charge in [-0.05, 0) is 41.3 Å². The summed E-state index contributed by atoms with van der Waals surface area (Å²) >= 11 is 4.74. The van der Waals surface area contributed by atoms with Crippen molar-refractivity contribution in [1.82, 2.24) is 23.2 Å². The molecule has 0 fully saturated rings. The summed E-state index contributed by atoms with van der Waals surface area (Å²) in [5.41, 5.74) is 0.856. The molecule has 21 heavy (non-hydrogen) atoms. The molecule has 3 heterocycles. The van der Waals surface area contributed by atoms with Gasteiger partial charge in [-0.15, -0.1) is 0 Å². The molecule has 1 aliphatic heterocycles. The smallest absolute Gasteiger partial charge is 0.211 e. The lowest BCUT2D eigenvalue weighted by molar-refractivity contribution is 0.284. The average molecular weight is 392 g/mol. The molecule has 0 unspecified atom stereocenters. The summed E-state index contributed by atoms with van der Waals surface area (Å²) in [6, 6.07) is -0.265.